The van der Waals surface area contributed by atoms with E-state index in [-0.39, 0.29) is 34.5 Å². The van der Waals surface area contributed by atoms with Crippen LogP contribution < -0.4 is 21.3 Å². The van der Waals surface area contributed by atoms with Crippen molar-refractivity contribution in [1.82, 2.24) is 40.9 Å². The minimum atomic E-state index is 0.150. The second-order valence-corrected chi connectivity index (χ2v) is 38.2. The van der Waals surface area contributed by atoms with Gasteiger partial charge in [-0.2, -0.15) is 0 Å². The Morgan fingerprint density at radius 3 is 0.910 bits per heavy atom. The van der Waals surface area contributed by atoms with E-state index in [1.165, 1.54) is 325 Å². The molecule has 100 heavy (non-hydrogen) atoms. The van der Waals surface area contributed by atoms with Crippen molar-refractivity contribution < 1.29 is 19.2 Å². The lowest BCUT2D eigenvalue weighted by Crippen LogP contribution is -2.43. The van der Waals surface area contributed by atoms with Crippen LogP contribution in [0.4, 0.5) is 0 Å². The summed E-state index contributed by atoms with van der Waals surface area (Å²) < 4.78 is 0. The molecule has 0 atom stereocenters. The highest BCUT2D eigenvalue weighted by Crippen LogP contribution is 2.47. The highest BCUT2D eigenvalue weighted by atomic mass is 32.1. The molecule has 14 rings (SSSR count). The Morgan fingerprint density at radius 1 is 0.350 bits per heavy atom. The van der Waals surface area contributed by atoms with Gasteiger partial charge in [-0.1, -0.05) is 96.8 Å². The number of fused-ring (bicyclic) bond motifs is 4. The number of nitrogens with zero attached hydrogens (tertiary/aromatic N) is 4. The molecule has 556 valence electrons. The third-order valence-corrected chi connectivity index (χ3v) is 29.6. The van der Waals surface area contributed by atoms with Crippen molar-refractivity contribution in [3.8, 4) is 0 Å². The van der Waals surface area contributed by atoms with Crippen LogP contribution in [-0.4, -0.2) is 149 Å². The monoisotopic (exact) mass is 1440 g/mol. The highest BCUT2D eigenvalue weighted by molar-refractivity contribution is 7.15. The standard InChI is InChI=1S/C22H34N2OS.C22H36N2OS.C20H30N2OS.C20H32N2OS/c25-21(20-15-18-9-3-1-2-4-10-19(18)26-20)23-16-22(11-5-6-12-22)17-24-13-7-8-14-24;1-3-14-24(2)17-22(12-8-9-13-22)16-23-21(25)20-15-18-10-6-4-5-7-11-19(18)26-20;23-19(18-13-16-7-3-1-2-4-8-17(16)24-18)21-14-20(9-10-20)15-22-11-5-6-12-22;1-22(2)15-20(11-7-8-12-20)14-21-19(23)18-13-16-9-5-3-4-6-10-17(16)24-18/h15H,1-14,16-17H2,(H,23,25);15H,3-14,16-17H2,1-2H3,(H,23,25);13H,1-12,14-15H2,(H,21,23);13H,3-12,14-15H2,1-2H3,(H,21,23). The maximum absolute atomic E-state index is 12.9. The van der Waals surface area contributed by atoms with Crippen molar-refractivity contribution in [2.45, 2.75) is 283 Å². The third kappa shape index (κ3) is 23.0. The first-order valence-electron chi connectivity index (χ1n) is 41.1. The summed E-state index contributed by atoms with van der Waals surface area (Å²) in [6, 6.07) is 8.74. The number of carbonyl (C=O) groups excluding carboxylic acids is 4. The fourth-order valence-corrected chi connectivity index (χ4v) is 23.6. The third-order valence-electron chi connectivity index (χ3n) is 24.7. The van der Waals surface area contributed by atoms with Crippen LogP contribution in [0.3, 0.4) is 0 Å². The Bertz CT molecular complexity index is 3070. The van der Waals surface area contributed by atoms with Crippen LogP contribution in [0.1, 0.15) is 312 Å². The summed E-state index contributed by atoms with van der Waals surface area (Å²) in [5.74, 6) is 0.650. The predicted molar refractivity (Wildman–Crippen MR) is 422 cm³/mol. The molecule has 16 heteroatoms. The topological polar surface area (TPSA) is 129 Å². The van der Waals surface area contributed by atoms with E-state index in [0.29, 0.717) is 10.8 Å². The first-order chi connectivity index (χ1) is 48.7. The molecule has 0 spiro atoms. The number of nitrogens with one attached hydrogen (secondary N) is 4. The summed E-state index contributed by atoms with van der Waals surface area (Å²) in [7, 11) is 6.51. The highest BCUT2D eigenvalue weighted by Gasteiger charge is 2.45. The van der Waals surface area contributed by atoms with E-state index in [9.17, 15) is 19.2 Å². The predicted octanol–water partition coefficient (Wildman–Crippen LogP) is 18.1. The van der Waals surface area contributed by atoms with E-state index < -0.39 is 0 Å². The normalized spacial score (nSPS) is 21.7. The Labute approximate surface area is 621 Å². The van der Waals surface area contributed by atoms with Crippen LogP contribution in [0.5, 0.6) is 0 Å². The molecule has 0 aromatic carbocycles. The molecule has 10 aliphatic rings. The summed E-state index contributed by atoms with van der Waals surface area (Å²) in [5, 5.41) is 13.2. The maximum atomic E-state index is 12.9. The van der Waals surface area contributed by atoms with Gasteiger partial charge in [0.15, 0.2) is 0 Å². The van der Waals surface area contributed by atoms with Gasteiger partial charge in [-0.15, -0.1) is 45.3 Å². The smallest absolute Gasteiger partial charge is 0.261 e. The van der Waals surface area contributed by atoms with Crippen molar-refractivity contribution in [3.05, 3.63) is 85.5 Å². The van der Waals surface area contributed by atoms with Gasteiger partial charge in [0.2, 0.25) is 0 Å². The van der Waals surface area contributed by atoms with E-state index >= 15 is 0 Å². The van der Waals surface area contributed by atoms with Crippen molar-refractivity contribution in [3.63, 3.8) is 0 Å². The van der Waals surface area contributed by atoms with Gasteiger partial charge < -0.3 is 40.9 Å². The van der Waals surface area contributed by atoms with Crippen LogP contribution in [0.15, 0.2) is 24.3 Å². The number of thiophene rings is 4. The molecular formula is C84H132N8O4S4. The second-order valence-electron chi connectivity index (χ2n) is 33.7. The number of hydrogen-bond donors (Lipinski definition) is 4. The molecule has 4 amide bonds. The number of rotatable bonds is 22. The second kappa shape index (κ2) is 38.7. The quantitative estimate of drug-likeness (QED) is 0.0612. The zero-order chi connectivity index (χ0) is 69.6. The van der Waals surface area contributed by atoms with Gasteiger partial charge in [-0.05, 0) is 287 Å². The molecule has 4 aromatic heterocycles. The summed E-state index contributed by atoms with van der Waals surface area (Å²) in [5.41, 5.74) is 7.05. The van der Waals surface area contributed by atoms with Crippen molar-refractivity contribution in [1.29, 1.82) is 0 Å². The van der Waals surface area contributed by atoms with Gasteiger partial charge in [0.25, 0.3) is 23.6 Å². The van der Waals surface area contributed by atoms with Gasteiger partial charge in [-0.25, -0.2) is 0 Å². The molecule has 8 aliphatic carbocycles. The fourth-order valence-electron chi connectivity index (χ4n) is 18.9. The number of amides is 4. The van der Waals surface area contributed by atoms with Gasteiger partial charge in [-0.3, -0.25) is 19.2 Å². The number of likely N-dealkylation sites (tertiary alicyclic amines) is 2. The van der Waals surface area contributed by atoms with Crippen LogP contribution in [-0.2, 0) is 51.4 Å². The van der Waals surface area contributed by atoms with Crippen molar-refractivity contribution in [2.24, 2.45) is 21.7 Å². The molecule has 12 nitrogen and oxygen atoms in total. The minimum absolute atomic E-state index is 0.150. The number of carbonyl (C=O) groups is 4. The van der Waals surface area contributed by atoms with E-state index in [4.69, 9.17) is 0 Å². The molecule has 4 aromatic rings. The molecule has 2 saturated heterocycles. The Morgan fingerprint density at radius 2 is 0.620 bits per heavy atom. The van der Waals surface area contributed by atoms with E-state index in [1.807, 2.05) is 0 Å². The van der Waals surface area contributed by atoms with Crippen molar-refractivity contribution in [2.75, 3.05) is 106 Å². The van der Waals surface area contributed by atoms with Gasteiger partial charge in [0, 0.05) is 93.5 Å². The first kappa shape index (κ1) is 77.6. The average molecular weight is 1450 g/mol. The van der Waals surface area contributed by atoms with Crippen LogP contribution in [0.2, 0.25) is 0 Å². The van der Waals surface area contributed by atoms with E-state index in [1.54, 1.807) is 45.3 Å². The lowest BCUT2D eigenvalue weighted by atomic mass is 9.85. The molecule has 6 fully saturated rings. The average Bonchev–Trinajstić information content (AvgIpc) is 1.65. The van der Waals surface area contributed by atoms with Crippen LogP contribution >= 0.6 is 45.3 Å². The summed E-state index contributed by atoms with van der Waals surface area (Å²) in [6.07, 6.45) is 54.9. The zero-order valence-corrected chi connectivity index (χ0v) is 66.2. The Kier molecular flexibility index (Phi) is 30.0. The fraction of sp³-hybridized carbons (Fsp3) is 0.762. The number of aryl methyl sites for hydroxylation is 8. The van der Waals surface area contributed by atoms with Crippen LogP contribution in [0.25, 0.3) is 0 Å². The largest absolute Gasteiger partial charge is 0.351 e. The summed E-state index contributed by atoms with van der Waals surface area (Å²) >= 11 is 6.99. The van der Waals surface area contributed by atoms with Crippen LogP contribution in [0, 0.1) is 21.7 Å². The molecule has 4 N–H and O–H groups in total. The SMILES string of the molecule is CCCN(C)CC1(CNC(=O)c2cc3c(s2)CCCCCC3)CCCC1.CN(C)CC1(CNC(=O)c2cc3c(s2)CCCCCC3)CCCC1.O=C(NCC1(CN2CCCC2)CC1)c1cc2c(s1)CCCCCC2.O=C(NCC1(CN2CCCC2)CCCC1)c1cc2c(s1)CCCCCC2. The van der Waals surface area contributed by atoms with E-state index in [2.05, 4.69) is 93.2 Å². The molecule has 0 radical (unpaired) electrons. The summed E-state index contributed by atoms with van der Waals surface area (Å²) in [4.78, 5) is 70.6. The van der Waals surface area contributed by atoms with Gasteiger partial charge >= 0.3 is 0 Å². The Hall–Kier alpha value is -3.48. The summed E-state index contributed by atoms with van der Waals surface area (Å²) in [6.45, 7) is 16.4. The molecule has 0 bridgehead atoms. The van der Waals surface area contributed by atoms with Gasteiger partial charge in [0.1, 0.15) is 0 Å². The lowest BCUT2D eigenvalue weighted by Gasteiger charge is -2.33. The number of hydrogen-bond acceptors (Lipinski definition) is 12. The molecule has 6 heterocycles. The van der Waals surface area contributed by atoms with Crippen molar-refractivity contribution >= 4 is 69.0 Å². The first-order valence-corrected chi connectivity index (χ1v) is 44.3. The van der Waals surface area contributed by atoms with Gasteiger partial charge in [0.05, 0.1) is 19.5 Å². The molecule has 0 unspecified atom stereocenters. The maximum Gasteiger partial charge on any atom is 0.261 e. The zero-order valence-electron chi connectivity index (χ0n) is 63.0. The molecule has 4 saturated carbocycles. The minimum Gasteiger partial charge on any atom is -0.351 e. The molecular weight excluding hydrogens is 1310 g/mol. The lowest BCUT2D eigenvalue weighted by molar-refractivity contribution is 0.0909. The Balaban J connectivity index is 0.000000135. The molecule has 2 aliphatic heterocycles. The van der Waals surface area contributed by atoms with E-state index in [0.717, 1.165) is 97.4 Å².